The van der Waals surface area contributed by atoms with Gasteiger partial charge in [0.25, 0.3) is 0 Å². The first kappa shape index (κ1) is 15.4. The first-order chi connectivity index (χ1) is 10.2. The molecule has 0 heterocycles. The van der Waals surface area contributed by atoms with Crippen LogP contribution in [0.2, 0.25) is 0 Å². The van der Waals surface area contributed by atoms with Gasteiger partial charge in [-0.15, -0.1) is 0 Å². The molecule has 0 unspecified atom stereocenters. The van der Waals surface area contributed by atoms with Crippen molar-refractivity contribution in [2.45, 2.75) is 26.3 Å². The third-order valence-corrected chi connectivity index (χ3v) is 3.46. The fourth-order valence-corrected chi connectivity index (χ4v) is 2.26. The van der Waals surface area contributed by atoms with Gasteiger partial charge in [-0.3, -0.25) is 0 Å². The first-order valence-electron chi connectivity index (χ1n) is 7.18. The molecule has 0 spiro atoms. The molecule has 2 aromatic rings. The quantitative estimate of drug-likeness (QED) is 0.856. The summed E-state index contributed by atoms with van der Waals surface area (Å²) in [6.07, 6.45) is 1.88. The van der Waals surface area contributed by atoms with Crippen molar-refractivity contribution in [2.24, 2.45) is 5.73 Å². The van der Waals surface area contributed by atoms with Crippen molar-refractivity contribution in [1.29, 1.82) is 0 Å². The molecule has 0 aliphatic rings. The van der Waals surface area contributed by atoms with Gasteiger partial charge in [-0.25, -0.2) is 8.78 Å². The average Bonchev–Trinajstić information content (AvgIpc) is 2.52. The monoisotopic (exact) mass is 290 g/mol. The van der Waals surface area contributed by atoms with Crippen LogP contribution in [0.4, 0.5) is 20.2 Å². The second kappa shape index (κ2) is 7.18. The summed E-state index contributed by atoms with van der Waals surface area (Å²) >= 11 is 0. The summed E-state index contributed by atoms with van der Waals surface area (Å²) in [5, 5.41) is 0. The van der Waals surface area contributed by atoms with Gasteiger partial charge in [-0.05, 0) is 24.6 Å². The Morgan fingerprint density at radius 2 is 1.71 bits per heavy atom. The van der Waals surface area contributed by atoms with E-state index in [0.717, 1.165) is 18.5 Å². The molecule has 21 heavy (non-hydrogen) atoms. The highest BCUT2D eigenvalue weighted by molar-refractivity contribution is 5.64. The first-order valence-corrected chi connectivity index (χ1v) is 7.18. The highest BCUT2D eigenvalue weighted by Gasteiger charge is 2.18. The number of anilines is 2. The third-order valence-electron chi connectivity index (χ3n) is 3.46. The summed E-state index contributed by atoms with van der Waals surface area (Å²) in [5.41, 5.74) is 6.72. The van der Waals surface area contributed by atoms with Gasteiger partial charge >= 0.3 is 0 Å². The lowest BCUT2D eigenvalue weighted by Crippen LogP contribution is -2.20. The van der Waals surface area contributed by atoms with Crippen molar-refractivity contribution < 1.29 is 8.78 Å². The molecule has 0 radical (unpaired) electrons. The van der Waals surface area contributed by atoms with Crippen LogP contribution >= 0.6 is 0 Å². The van der Waals surface area contributed by atoms with Gasteiger partial charge in [0.05, 0.1) is 5.69 Å². The van der Waals surface area contributed by atoms with Crippen molar-refractivity contribution in [2.75, 3.05) is 11.4 Å². The van der Waals surface area contributed by atoms with Crippen molar-refractivity contribution in [3.05, 3.63) is 59.7 Å². The Bertz CT molecular complexity index is 585. The van der Waals surface area contributed by atoms with Crippen molar-refractivity contribution in [3.8, 4) is 0 Å². The predicted octanol–water partition coefficient (Wildman–Crippen LogP) is 4.36. The van der Waals surface area contributed by atoms with E-state index in [1.165, 1.54) is 0 Å². The number of nitrogens with two attached hydrogens (primary N) is 1. The average molecular weight is 290 g/mol. The Balaban J connectivity index is 2.44. The molecule has 0 amide bonds. The summed E-state index contributed by atoms with van der Waals surface area (Å²) in [5.74, 6) is -1.69. The number of hydrogen-bond donors (Lipinski definition) is 1. The highest BCUT2D eigenvalue weighted by Crippen LogP contribution is 2.30. The third kappa shape index (κ3) is 3.39. The molecule has 0 atom stereocenters. The number of rotatable bonds is 6. The molecular formula is C17H20F2N2. The summed E-state index contributed by atoms with van der Waals surface area (Å²) < 4.78 is 28.3. The second-order valence-corrected chi connectivity index (χ2v) is 4.92. The van der Waals surface area contributed by atoms with Gasteiger partial charge in [-0.1, -0.05) is 37.6 Å². The lowest BCUT2D eigenvalue weighted by molar-refractivity contribution is 0.499. The van der Waals surface area contributed by atoms with Crippen LogP contribution in [0, 0.1) is 11.6 Å². The second-order valence-electron chi connectivity index (χ2n) is 4.92. The van der Waals surface area contributed by atoms with Crippen molar-refractivity contribution in [3.63, 3.8) is 0 Å². The molecule has 2 rings (SSSR count). The number of unbranched alkanes of at least 4 members (excludes halogenated alkanes) is 1. The van der Waals surface area contributed by atoms with Crippen LogP contribution in [0.15, 0.2) is 42.5 Å². The fourth-order valence-electron chi connectivity index (χ4n) is 2.26. The number of benzene rings is 2. The van der Waals surface area contributed by atoms with Crippen LogP contribution < -0.4 is 10.6 Å². The minimum atomic E-state index is -0.854. The molecule has 0 aliphatic heterocycles. The molecule has 0 aliphatic carbocycles. The SMILES string of the molecule is CCCCN(c1ccccc1)c1ccc(CN)c(F)c1F. The fraction of sp³-hybridized carbons (Fsp3) is 0.294. The lowest BCUT2D eigenvalue weighted by atomic mass is 10.1. The van der Waals surface area contributed by atoms with E-state index < -0.39 is 11.6 Å². The van der Waals surface area contributed by atoms with Crippen LogP contribution in [0.25, 0.3) is 0 Å². The van der Waals surface area contributed by atoms with E-state index in [1.54, 1.807) is 12.1 Å². The zero-order chi connectivity index (χ0) is 15.2. The molecule has 2 aromatic carbocycles. The van der Waals surface area contributed by atoms with E-state index in [2.05, 4.69) is 6.92 Å². The van der Waals surface area contributed by atoms with E-state index in [-0.39, 0.29) is 17.8 Å². The van der Waals surface area contributed by atoms with E-state index in [4.69, 9.17) is 5.73 Å². The van der Waals surface area contributed by atoms with Gasteiger partial charge in [0.1, 0.15) is 0 Å². The summed E-state index contributed by atoms with van der Waals surface area (Å²) in [6.45, 7) is 2.69. The van der Waals surface area contributed by atoms with E-state index in [0.29, 0.717) is 6.54 Å². The van der Waals surface area contributed by atoms with E-state index >= 15 is 0 Å². The van der Waals surface area contributed by atoms with Crippen LogP contribution in [0.3, 0.4) is 0 Å². The maximum absolute atomic E-state index is 14.3. The maximum atomic E-state index is 14.3. The molecule has 2 nitrogen and oxygen atoms in total. The molecule has 0 fully saturated rings. The number of nitrogens with zero attached hydrogens (tertiary/aromatic N) is 1. The Morgan fingerprint density at radius 1 is 1.00 bits per heavy atom. The molecule has 4 heteroatoms. The Labute approximate surface area is 124 Å². The van der Waals surface area contributed by atoms with Gasteiger partial charge < -0.3 is 10.6 Å². The predicted molar refractivity (Wildman–Crippen MR) is 82.6 cm³/mol. The highest BCUT2D eigenvalue weighted by atomic mass is 19.2. The summed E-state index contributed by atoms with van der Waals surface area (Å²) in [6, 6.07) is 12.6. The number of para-hydroxylation sites is 1. The van der Waals surface area contributed by atoms with Gasteiger partial charge in [0, 0.05) is 24.3 Å². The van der Waals surface area contributed by atoms with Gasteiger partial charge in [0.2, 0.25) is 0 Å². The molecular weight excluding hydrogens is 270 g/mol. The van der Waals surface area contributed by atoms with Gasteiger partial charge in [-0.2, -0.15) is 0 Å². The topological polar surface area (TPSA) is 29.3 Å². The molecule has 0 saturated carbocycles. The zero-order valence-corrected chi connectivity index (χ0v) is 12.2. The Hall–Kier alpha value is -1.94. The normalized spacial score (nSPS) is 10.7. The largest absolute Gasteiger partial charge is 0.339 e. The molecule has 0 aromatic heterocycles. The molecule has 2 N–H and O–H groups in total. The molecule has 112 valence electrons. The van der Waals surface area contributed by atoms with Crippen LogP contribution in [0.1, 0.15) is 25.3 Å². The zero-order valence-electron chi connectivity index (χ0n) is 12.2. The van der Waals surface area contributed by atoms with Gasteiger partial charge in [0.15, 0.2) is 11.6 Å². The van der Waals surface area contributed by atoms with Crippen LogP contribution in [-0.4, -0.2) is 6.54 Å². The van der Waals surface area contributed by atoms with Crippen molar-refractivity contribution >= 4 is 11.4 Å². The van der Waals surface area contributed by atoms with E-state index in [1.807, 2.05) is 35.2 Å². The minimum Gasteiger partial charge on any atom is -0.339 e. The van der Waals surface area contributed by atoms with Crippen molar-refractivity contribution in [1.82, 2.24) is 0 Å². The Morgan fingerprint density at radius 3 is 2.33 bits per heavy atom. The Kier molecular flexibility index (Phi) is 5.28. The van der Waals surface area contributed by atoms with Crippen LogP contribution in [0.5, 0.6) is 0 Å². The smallest absolute Gasteiger partial charge is 0.182 e. The molecule has 0 bridgehead atoms. The summed E-state index contributed by atoms with van der Waals surface area (Å²) in [7, 11) is 0. The lowest BCUT2D eigenvalue weighted by Gasteiger charge is -2.26. The minimum absolute atomic E-state index is 0.0106. The van der Waals surface area contributed by atoms with E-state index in [9.17, 15) is 8.78 Å². The van der Waals surface area contributed by atoms with Crippen LogP contribution in [-0.2, 0) is 6.54 Å². The maximum Gasteiger partial charge on any atom is 0.182 e. The number of halogens is 2. The summed E-state index contributed by atoms with van der Waals surface area (Å²) in [4.78, 5) is 1.81. The number of hydrogen-bond acceptors (Lipinski definition) is 2. The molecule has 0 saturated heterocycles. The standard InChI is InChI=1S/C17H20F2N2/c1-2-3-11-21(14-7-5-4-6-8-14)15-10-9-13(12-20)16(18)17(15)19/h4-10H,2-3,11-12,20H2,1H3.